The summed E-state index contributed by atoms with van der Waals surface area (Å²) >= 11 is 2.94. The highest BCUT2D eigenvalue weighted by Gasteiger charge is 2.26. The summed E-state index contributed by atoms with van der Waals surface area (Å²) in [6.45, 7) is 6.36. The van der Waals surface area contributed by atoms with Crippen molar-refractivity contribution < 1.29 is 14.3 Å². The van der Waals surface area contributed by atoms with E-state index in [1.54, 1.807) is 13.0 Å². The third-order valence-corrected chi connectivity index (χ3v) is 7.83. The number of hydrogen-bond acceptors (Lipinski definition) is 7. The van der Waals surface area contributed by atoms with E-state index in [1.165, 1.54) is 34.4 Å². The number of rotatable bonds is 9. The van der Waals surface area contributed by atoms with Crippen LogP contribution in [0.5, 0.6) is 0 Å². The smallest absolute Gasteiger partial charge is 0.341 e. The minimum atomic E-state index is -0.352. The number of carbonyl (C=O) groups is 2. The number of hydrogen-bond donors (Lipinski definition) is 1. The van der Waals surface area contributed by atoms with Crippen LogP contribution >= 0.6 is 23.1 Å². The quantitative estimate of drug-likeness (QED) is 0.328. The van der Waals surface area contributed by atoms with Gasteiger partial charge in [-0.3, -0.25) is 4.79 Å². The number of thioether (sulfide) groups is 1. The molecule has 0 aliphatic heterocycles. The molecule has 3 rings (SSSR count). The van der Waals surface area contributed by atoms with Gasteiger partial charge in [0.1, 0.15) is 16.1 Å². The summed E-state index contributed by atoms with van der Waals surface area (Å²) in [7, 11) is 0. The van der Waals surface area contributed by atoms with Crippen LogP contribution in [-0.2, 0) is 28.8 Å². The average Bonchev–Trinajstić information content (AvgIpc) is 3.09. The van der Waals surface area contributed by atoms with Gasteiger partial charge in [-0.25, -0.2) is 9.78 Å². The molecule has 2 heterocycles. The SMILES string of the molecule is CCOC(=O)c1c(NC(=O)CCSc2nc(CC(C)C)ccc2C#N)sc2c1CCCCCC2. The van der Waals surface area contributed by atoms with E-state index in [1.807, 2.05) is 6.07 Å². The number of nitrogens with one attached hydrogen (secondary N) is 1. The number of nitriles is 1. The second kappa shape index (κ2) is 12.9. The number of fused-ring (bicyclic) bond motifs is 1. The summed E-state index contributed by atoms with van der Waals surface area (Å²) in [5.41, 5.74) is 3.08. The molecule has 0 aromatic carbocycles. The molecule has 1 aliphatic carbocycles. The lowest BCUT2D eigenvalue weighted by Gasteiger charge is -2.11. The lowest BCUT2D eigenvalue weighted by atomic mass is 9.96. The Hall–Kier alpha value is -2.37. The standard InChI is InChI=1S/C26H33N3O3S2/c1-4-32-26(31)23-20-9-7-5-6-8-10-21(20)34-25(23)29-22(30)13-14-33-24-18(16-27)11-12-19(28-24)15-17(2)3/h11-12,17H,4-10,13-15H2,1-3H3,(H,29,30). The Morgan fingerprint density at radius 1 is 1.24 bits per heavy atom. The van der Waals surface area contributed by atoms with E-state index >= 15 is 0 Å². The highest BCUT2D eigenvalue weighted by Crippen LogP contribution is 2.37. The first-order valence-electron chi connectivity index (χ1n) is 12.1. The summed E-state index contributed by atoms with van der Waals surface area (Å²) in [6, 6.07) is 5.89. The normalized spacial score (nSPS) is 13.5. The molecule has 182 valence electrons. The van der Waals surface area contributed by atoms with Crippen LogP contribution in [0.2, 0.25) is 0 Å². The largest absolute Gasteiger partial charge is 0.462 e. The van der Waals surface area contributed by atoms with Crippen LogP contribution in [0.3, 0.4) is 0 Å². The zero-order chi connectivity index (χ0) is 24.5. The fourth-order valence-corrected chi connectivity index (χ4v) is 6.29. The van der Waals surface area contributed by atoms with E-state index in [9.17, 15) is 14.9 Å². The molecule has 6 nitrogen and oxygen atoms in total. The Bertz CT molecular complexity index is 1060. The van der Waals surface area contributed by atoms with Gasteiger partial charge in [0.15, 0.2) is 0 Å². The van der Waals surface area contributed by atoms with Crippen LogP contribution in [0.4, 0.5) is 5.00 Å². The van der Waals surface area contributed by atoms with E-state index in [2.05, 4.69) is 30.2 Å². The predicted octanol–water partition coefficient (Wildman–Crippen LogP) is 6.17. The molecular formula is C26H33N3O3S2. The number of pyridine rings is 1. The first kappa shape index (κ1) is 26.2. The highest BCUT2D eigenvalue weighted by molar-refractivity contribution is 7.99. The number of anilines is 1. The van der Waals surface area contributed by atoms with Crippen LogP contribution in [0.15, 0.2) is 17.2 Å². The van der Waals surface area contributed by atoms with Gasteiger partial charge in [-0.05, 0) is 62.6 Å². The summed E-state index contributed by atoms with van der Waals surface area (Å²) in [6.07, 6.45) is 7.40. The van der Waals surface area contributed by atoms with Crippen molar-refractivity contribution in [2.24, 2.45) is 5.92 Å². The van der Waals surface area contributed by atoms with Crippen LogP contribution in [0.25, 0.3) is 0 Å². The van der Waals surface area contributed by atoms with Crippen molar-refractivity contribution in [2.45, 2.75) is 77.2 Å². The molecule has 0 saturated carbocycles. The van der Waals surface area contributed by atoms with E-state index in [0.717, 1.165) is 49.8 Å². The van der Waals surface area contributed by atoms with Crippen molar-refractivity contribution in [1.82, 2.24) is 4.98 Å². The molecule has 2 aromatic rings. The number of ether oxygens (including phenoxy) is 1. The van der Waals surface area contributed by atoms with Crippen LogP contribution < -0.4 is 5.32 Å². The third-order valence-electron chi connectivity index (χ3n) is 5.63. The van der Waals surface area contributed by atoms with Crippen molar-refractivity contribution in [1.29, 1.82) is 5.26 Å². The Kier molecular flexibility index (Phi) is 9.97. The Labute approximate surface area is 210 Å². The van der Waals surface area contributed by atoms with Gasteiger partial charge in [-0.15, -0.1) is 23.1 Å². The number of nitrogens with zero attached hydrogens (tertiary/aromatic N) is 2. The minimum absolute atomic E-state index is 0.149. The van der Waals surface area contributed by atoms with Crippen molar-refractivity contribution in [3.8, 4) is 6.07 Å². The van der Waals surface area contributed by atoms with Gasteiger partial charge in [0.05, 0.1) is 17.7 Å². The van der Waals surface area contributed by atoms with Gasteiger partial charge in [-0.2, -0.15) is 5.26 Å². The Morgan fingerprint density at radius 2 is 2.00 bits per heavy atom. The molecule has 34 heavy (non-hydrogen) atoms. The minimum Gasteiger partial charge on any atom is -0.462 e. The van der Waals surface area contributed by atoms with Gasteiger partial charge < -0.3 is 10.1 Å². The topological polar surface area (TPSA) is 92.1 Å². The number of carbonyl (C=O) groups excluding carboxylic acids is 2. The van der Waals surface area contributed by atoms with Gasteiger partial charge in [0.25, 0.3) is 0 Å². The molecule has 0 unspecified atom stereocenters. The second-order valence-electron chi connectivity index (χ2n) is 8.85. The molecule has 0 atom stereocenters. The van der Waals surface area contributed by atoms with Crippen LogP contribution in [0.1, 0.15) is 84.9 Å². The number of aryl methyl sites for hydroxylation is 1. The molecule has 8 heteroatoms. The number of amides is 1. The van der Waals surface area contributed by atoms with Gasteiger partial charge in [0, 0.05) is 22.7 Å². The molecular weight excluding hydrogens is 466 g/mol. The molecule has 1 amide bonds. The van der Waals surface area contributed by atoms with Crippen LogP contribution in [-0.4, -0.2) is 29.2 Å². The number of thiophene rings is 1. The summed E-state index contributed by atoms with van der Waals surface area (Å²) in [4.78, 5) is 31.4. The fraction of sp³-hybridized carbons (Fsp3) is 0.538. The number of aromatic nitrogens is 1. The predicted molar refractivity (Wildman–Crippen MR) is 138 cm³/mol. The highest BCUT2D eigenvalue weighted by atomic mass is 32.2. The maximum Gasteiger partial charge on any atom is 0.341 e. The molecule has 0 saturated heterocycles. The van der Waals surface area contributed by atoms with E-state index < -0.39 is 0 Å². The Morgan fingerprint density at radius 3 is 2.71 bits per heavy atom. The fourth-order valence-electron chi connectivity index (χ4n) is 4.06. The summed E-state index contributed by atoms with van der Waals surface area (Å²) in [5.74, 6) is 0.473. The summed E-state index contributed by atoms with van der Waals surface area (Å²) < 4.78 is 5.32. The van der Waals surface area contributed by atoms with Gasteiger partial charge in [-0.1, -0.05) is 26.7 Å². The third kappa shape index (κ3) is 7.07. The molecule has 0 spiro atoms. The molecule has 1 aliphatic rings. The average molecular weight is 500 g/mol. The van der Waals surface area contributed by atoms with Gasteiger partial charge in [0.2, 0.25) is 5.91 Å². The monoisotopic (exact) mass is 499 g/mol. The first-order chi connectivity index (χ1) is 16.4. The summed E-state index contributed by atoms with van der Waals surface area (Å²) in [5, 5.41) is 13.7. The van der Waals surface area contributed by atoms with Crippen molar-refractivity contribution in [2.75, 3.05) is 17.7 Å². The maximum absolute atomic E-state index is 12.8. The van der Waals surface area contributed by atoms with E-state index in [4.69, 9.17) is 4.74 Å². The van der Waals surface area contributed by atoms with Crippen LogP contribution in [0, 0.1) is 17.2 Å². The molecule has 1 N–H and O–H groups in total. The molecule has 0 fully saturated rings. The molecule has 2 aromatic heterocycles. The molecule has 0 radical (unpaired) electrons. The van der Waals surface area contributed by atoms with Crippen molar-refractivity contribution in [3.05, 3.63) is 39.4 Å². The van der Waals surface area contributed by atoms with E-state index in [0.29, 0.717) is 39.4 Å². The Balaban J connectivity index is 1.69. The zero-order valence-electron chi connectivity index (χ0n) is 20.2. The van der Waals surface area contributed by atoms with E-state index in [-0.39, 0.29) is 18.3 Å². The van der Waals surface area contributed by atoms with Crippen molar-refractivity contribution >= 4 is 40.0 Å². The maximum atomic E-state index is 12.8. The second-order valence-corrected chi connectivity index (χ2v) is 11.0. The lowest BCUT2D eigenvalue weighted by Crippen LogP contribution is -2.15. The molecule has 0 bridgehead atoms. The lowest BCUT2D eigenvalue weighted by molar-refractivity contribution is -0.115. The zero-order valence-corrected chi connectivity index (χ0v) is 21.9. The number of esters is 1. The first-order valence-corrected chi connectivity index (χ1v) is 13.9. The van der Waals surface area contributed by atoms with Crippen molar-refractivity contribution in [3.63, 3.8) is 0 Å². The van der Waals surface area contributed by atoms with Gasteiger partial charge >= 0.3 is 5.97 Å².